The normalized spacial score (nSPS) is 10.9. The summed E-state index contributed by atoms with van der Waals surface area (Å²) in [5.41, 5.74) is -0.988. The first-order valence-corrected chi connectivity index (χ1v) is 4.57. The Bertz CT molecular complexity index is 379. The Morgan fingerprint density at radius 2 is 1.24 bits per heavy atom. The molecule has 0 heterocycles. The van der Waals surface area contributed by atoms with Gasteiger partial charge in [-0.25, -0.2) is 22.0 Å². The Labute approximate surface area is 93.9 Å². The van der Waals surface area contributed by atoms with E-state index in [1.165, 1.54) is 7.11 Å². The van der Waals surface area contributed by atoms with Gasteiger partial charge in [-0.15, -0.1) is 0 Å². The molecule has 0 spiro atoms. The SMILES string of the molecule is COCCOCc1c(F)c(F)c(F)c(F)c1F. The molecule has 1 aromatic rings. The van der Waals surface area contributed by atoms with Crippen LogP contribution in [0.1, 0.15) is 5.56 Å². The van der Waals surface area contributed by atoms with Crippen molar-refractivity contribution in [2.75, 3.05) is 20.3 Å². The predicted octanol–water partition coefficient (Wildman–Crippen LogP) is 2.55. The molecule has 0 N–H and O–H groups in total. The minimum absolute atomic E-state index is 0.0179. The van der Waals surface area contributed by atoms with E-state index in [0.29, 0.717) is 0 Å². The first-order valence-electron chi connectivity index (χ1n) is 4.57. The van der Waals surface area contributed by atoms with Crippen LogP contribution in [-0.4, -0.2) is 20.3 Å². The molecule has 0 aliphatic rings. The van der Waals surface area contributed by atoms with Crippen LogP contribution in [0, 0.1) is 29.1 Å². The van der Waals surface area contributed by atoms with Gasteiger partial charge in [-0.3, -0.25) is 0 Å². The number of hydrogen-bond donors (Lipinski definition) is 0. The lowest BCUT2D eigenvalue weighted by Crippen LogP contribution is -2.10. The van der Waals surface area contributed by atoms with Gasteiger partial charge in [0.2, 0.25) is 5.82 Å². The molecule has 0 amide bonds. The third-order valence-electron chi connectivity index (χ3n) is 1.98. The van der Waals surface area contributed by atoms with Gasteiger partial charge in [0.25, 0.3) is 0 Å². The Kier molecular flexibility index (Phi) is 4.83. The fraction of sp³-hybridized carbons (Fsp3) is 0.400. The van der Waals surface area contributed by atoms with E-state index in [9.17, 15) is 22.0 Å². The molecule has 1 rings (SSSR count). The van der Waals surface area contributed by atoms with Crippen molar-refractivity contribution in [3.8, 4) is 0 Å². The van der Waals surface area contributed by atoms with E-state index >= 15 is 0 Å². The van der Waals surface area contributed by atoms with E-state index in [-0.39, 0.29) is 13.2 Å². The fourth-order valence-corrected chi connectivity index (χ4v) is 1.09. The summed E-state index contributed by atoms with van der Waals surface area (Å²) in [5.74, 6) is -9.89. The second kappa shape index (κ2) is 5.92. The van der Waals surface area contributed by atoms with Crippen LogP contribution in [0.25, 0.3) is 0 Å². The molecule has 0 radical (unpaired) electrons. The van der Waals surface area contributed by atoms with Crippen LogP contribution in [-0.2, 0) is 16.1 Å². The molecule has 96 valence electrons. The van der Waals surface area contributed by atoms with Crippen LogP contribution in [0.5, 0.6) is 0 Å². The summed E-state index contributed by atoms with van der Waals surface area (Å²) in [6, 6.07) is 0. The highest BCUT2D eigenvalue weighted by atomic mass is 19.2. The number of methoxy groups -OCH3 is 1. The number of halogens is 5. The lowest BCUT2D eigenvalue weighted by Gasteiger charge is -2.08. The highest BCUT2D eigenvalue weighted by molar-refractivity contribution is 5.23. The van der Waals surface area contributed by atoms with Crippen molar-refractivity contribution in [3.05, 3.63) is 34.6 Å². The maximum absolute atomic E-state index is 13.1. The van der Waals surface area contributed by atoms with E-state index in [4.69, 9.17) is 4.74 Å². The fourth-order valence-electron chi connectivity index (χ4n) is 1.09. The van der Waals surface area contributed by atoms with Gasteiger partial charge in [0, 0.05) is 7.11 Å². The second-order valence-electron chi connectivity index (χ2n) is 3.09. The van der Waals surface area contributed by atoms with Crippen LogP contribution in [0.2, 0.25) is 0 Å². The molecular formula is C10H9F5O2. The van der Waals surface area contributed by atoms with E-state index in [1.807, 2.05) is 0 Å². The molecule has 0 aliphatic heterocycles. The molecule has 0 aliphatic carbocycles. The summed E-state index contributed by atoms with van der Waals surface area (Å²) in [7, 11) is 1.38. The van der Waals surface area contributed by atoms with Gasteiger partial charge in [0.1, 0.15) is 0 Å². The average Bonchev–Trinajstić information content (AvgIpc) is 2.33. The third kappa shape index (κ3) is 2.92. The maximum Gasteiger partial charge on any atom is 0.200 e. The summed E-state index contributed by atoms with van der Waals surface area (Å²) >= 11 is 0. The highest BCUT2D eigenvalue weighted by Crippen LogP contribution is 2.23. The first kappa shape index (κ1) is 13.9. The molecule has 0 saturated carbocycles. The van der Waals surface area contributed by atoms with Crippen molar-refractivity contribution in [2.45, 2.75) is 6.61 Å². The van der Waals surface area contributed by atoms with E-state index in [0.717, 1.165) is 0 Å². The average molecular weight is 256 g/mol. The molecule has 17 heavy (non-hydrogen) atoms. The number of rotatable bonds is 5. The molecule has 0 saturated heterocycles. The van der Waals surface area contributed by atoms with Crippen molar-refractivity contribution in [1.29, 1.82) is 0 Å². The van der Waals surface area contributed by atoms with Gasteiger partial charge in [-0.1, -0.05) is 0 Å². The van der Waals surface area contributed by atoms with Gasteiger partial charge in [-0.05, 0) is 0 Å². The zero-order valence-corrected chi connectivity index (χ0v) is 8.83. The van der Waals surface area contributed by atoms with Crippen molar-refractivity contribution < 1.29 is 31.4 Å². The zero-order valence-electron chi connectivity index (χ0n) is 8.83. The topological polar surface area (TPSA) is 18.5 Å². The van der Waals surface area contributed by atoms with Crippen LogP contribution in [0.15, 0.2) is 0 Å². The highest BCUT2D eigenvalue weighted by Gasteiger charge is 2.25. The Hall–Kier alpha value is -1.21. The standard InChI is InChI=1S/C10H9F5O2/c1-16-2-3-17-4-5-6(11)8(13)10(15)9(14)7(5)12/h2-4H2,1H3. The Morgan fingerprint density at radius 1 is 0.765 bits per heavy atom. The van der Waals surface area contributed by atoms with Crippen molar-refractivity contribution in [2.24, 2.45) is 0 Å². The van der Waals surface area contributed by atoms with Gasteiger partial charge < -0.3 is 9.47 Å². The van der Waals surface area contributed by atoms with E-state index in [2.05, 4.69) is 4.74 Å². The minimum Gasteiger partial charge on any atom is -0.382 e. The summed E-state index contributed by atoms with van der Waals surface area (Å²) in [5, 5.41) is 0. The summed E-state index contributed by atoms with van der Waals surface area (Å²) in [6.45, 7) is -0.583. The molecular weight excluding hydrogens is 247 g/mol. The van der Waals surface area contributed by atoms with Gasteiger partial charge >= 0.3 is 0 Å². The summed E-state index contributed by atoms with van der Waals surface area (Å²) in [4.78, 5) is 0. The smallest absolute Gasteiger partial charge is 0.200 e. The molecule has 2 nitrogen and oxygen atoms in total. The Balaban J connectivity index is 2.92. The molecule has 0 bridgehead atoms. The molecule has 0 atom stereocenters. The number of ether oxygens (including phenoxy) is 2. The zero-order chi connectivity index (χ0) is 13.0. The number of hydrogen-bond acceptors (Lipinski definition) is 2. The van der Waals surface area contributed by atoms with Crippen molar-refractivity contribution >= 4 is 0 Å². The molecule has 7 heteroatoms. The van der Waals surface area contributed by atoms with Crippen molar-refractivity contribution in [1.82, 2.24) is 0 Å². The molecule has 0 fully saturated rings. The molecule has 0 unspecified atom stereocenters. The summed E-state index contributed by atoms with van der Waals surface area (Å²) in [6.07, 6.45) is 0. The van der Waals surface area contributed by atoms with Crippen LogP contribution < -0.4 is 0 Å². The Morgan fingerprint density at radius 3 is 1.71 bits per heavy atom. The van der Waals surface area contributed by atoms with Crippen LogP contribution in [0.3, 0.4) is 0 Å². The van der Waals surface area contributed by atoms with E-state index < -0.39 is 41.3 Å². The molecule has 0 aromatic heterocycles. The van der Waals surface area contributed by atoms with Gasteiger partial charge in [0.05, 0.1) is 25.4 Å². The molecule has 1 aromatic carbocycles. The van der Waals surface area contributed by atoms with Crippen molar-refractivity contribution in [3.63, 3.8) is 0 Å². The number of benzene rings is 1. The third-order valence-corrected chi connectivity index (χ3v) is 1.98. The van der Waals surface area contributed by atoms with Gasteiger partial charge in [-0.2, -0.15) is 0 Å². The van der Waals surface area contributed by atoms with Crippen LogP contribution in [0.4, 0.5) is 22.0 Å². The predicted molar refractivity (Wildman–Crippen MR) is 47.8 cm³/mol. The van der Waals surface area contributed by atoms with E-state index in [1.54, 1.807) is 0 Å². The summed E-state index contributed by atoms with van der Waals surface area (Å²) < 4.78 is 73.6. The second-order valence-corrected chi connectivity index (χ2v) is 3.09. The monoisotopic (exact) mass is 256 g/mol. The largest absolute Gasteiger partial charge is 0.382 e. The maximum atomic E-state index is 13.1. The lowest BCUT2D eigenvalue weighted by atomic mass is 10.2. The minimum atomic E-state index is -2.18. The lowest BCUT2D eigenvalue weighted by molar-refractivity contribution is 0.0582. The van der Waals surface area contributed by atoms with Gasteiger partial charge in [0.15, 0.2) is 23.3 Å². The van der Waals surface area contributed by atoms with Crippen LogP contribution >= 0.6 is 0 Å². The first-order chi connectivity index (χ1) is 8.00. The quantitative estimate of drug-likeness (QED) is 0.349.